The Hall–Kier alpha value is -16.2. The van der Waals surface area contributed by atoms with Crippen molar-refractivity contribution >= 4 is 81.2 Å². The number of hydrogen-bond donors (Lipinski definition) is 0. The largest absolute Gasteiger partial charge is 0.497 e. The van der Waals surface area contributed by atoms with Crippen LogP contribution < -0.4 is 29.2 Å². The van der Waals surface area contributed by atoms with Crippen LogP contribution in [0.15, 0.2) is 341 Å². The first-order valence-electron chi connectivity index (χ1n) is 42.9. The molecule has 0 fully saturated rings. The summed E-state index contributed by atoms with van der Waals surface area (Å²) in [6, 6.07) is 85.0. The fourth-order valence-corrected chi connectivity index (χ4v) is 15.6. The molecule has 9 aromatic rings. The van der Waals surface area contributed by atoms with E-state index in [-0.39, 0.29) is 22.8 Å². The van der Waals surface area contributed by atoms with E-state index in [1.807, 2.05) is 217 Å². The van der Waals surface area contributed by atoms with Gasteiger partial charge in [0.25, 0.3) is 22.8 Å². The van der Waals surface area contributed by atoms with E-state index < -0.39 is 22.4 Å². The number of rotatable bonds is 19. The van der Waals surface area contributed by atoms with Gasteiger partial charge in [0.2, 0.25) is 0 Å². The molecule has 0 saturated carbocycles. The van der Waals surface area contributed by atoms with Crippen LogP contribution >= 0.6 is 0 Å². The van der Waals surface area contributed by atoms with Crippen molar-refractivity contribution in [3.63, 3.8) is 0 Å². The Kier molecular flexibility index (Phi) is 31.7. The highest BCUT2D eigenvalue weighted by atomic mass is 16.5. The van der Waals surface area contributed by atoms with Gasteiger partial charge in [-0.1, -0.05) is 121 Å². The molecule has 0 radical (unpaired) electrons. The number of aryl methyl sites for hydroxylation is 1. The lowest BCUT2D eigenvalue weighted by molar-refractivity contribution is 0.0351. The molecule has 0 saturated heterocycles. The fraction of sp³-hybridized carbons (Fsp3) is 0.232. The summed E-state index contributed by atoms with van der Waals surface area (Å²) in [4.78, 5) is 24.2. The van der Waals surface area contributed by atoms with Crippen molar-refractivity contribution < 1.29 is 23.7 Å². The van der Waals surface area contributed by atoms with Crippen molar-refractivity contribution in [2.45, 2.75) is 129 Å². The third-order valence-electron chi connectivity index (χ3n) is 22.1. The number of methoxy groups -OCH3 is 1. The summed E-state index contributed by atoms with van der Waals surface area (Å²) in [6.07, 6.45) is 29.5. The number of nitriles is 4. The topological polar surface area (TPSA) is 175 Å². The van der Waals surface area contributed by atoms with Crippen molar-refractivity contribution in [1.82, 2.24) is 0 Å². The lowest BCUT2D eigenvalue weighted by Crippen LogP contribution is -2.27. The normalized spacial score (nSPS) is 16.8. The molecule has 0 spiro atoms. The van der Waals surface area contributed by atoms with Gasteiger partial charge < -0.3 is 48.2 Å². The Balaban J connectivity index is 0.000000168. The molecule has 0 aromatic heterocycles. The van der Waals surface area contributed by atoms with Gasteiger partial charge in [0.15, 0.2) is 0 Å². The van der Waals surface area contributed by atoms with Gasteiger partial charge in [-0.2, -0.15) is 0 Å². The SMILES string of the molecule is [C-]#[N+]/C(C#N)=C1C=C(/C=C/c2ccc(N(C)c3ccc(N(C)C)cc3)cc2)OC(C)(C)C\1.[C-]#[N+]/C(C#N)=C1C=C(/C=C/c2ccc(N(C)c3ccc(OC)cc3)cc2)OC(C)(C)C\1.[C-]#[N+]/C(C#N)=C1C=C(/C=C/c2ccc(N(C)c3ccccc3)cc2)OC(C)(C)C\1.[C-]#[N+]/C(C#N)=C1C=C(/C=C/c2ccc(N(c3ccccc3)c3cccc4c3CCCC4)cc2)OC(C)(C)C\1. The first-order chi connectivity index (χ1) is 62.4. The molecule has 130 heavy (non-hydrogen) atoms. The third kappa shape index (κ3) is 25.8. The van der Waals surface area contributed by atoms with Crippen molar-refractivity contribution in [3.05, 3.63) is 420 Å². The lowest BCUT2D eigenvalue weighted by atomic mass is 9.90. The van der Waals surface area contributed by atoms with E-state index in [0.29, 0.717) is 54.3 Å². The van der Waals surface area contributed by atoms with Crippen LogP contribution in [0, 0.1) is 71.6 Å². The number of hydrogen-bond acceptors (Lipinski definition) is 14. The van der Waals surface area contributed by atoms with Crippen LogP contribution in [0.1, 0.15) is 127 Å². The first kappa shape index (κ1) is 94.5. The van der Waals surface area contributed by atoms with Crippen LogP contribution in [0.25, 0.3) is 43.7 Å². The number of nitrogens with zero attached hydrogens (tertiary/aromatic N) is 13. The van der Waals surface area contributed by atoms with Crippen LogP contribution in [0.2, 0.25) is 0 Å². The summed E-state index contributed by atoms with van der Waals surface area (Å²) in [7, 11) is 11.8. The Morgan fingerprint density at radius 3 is 0.900 bits per heavy atom. The molecule has 650 valence electrons. The molecule has 0 bridgehead atoms. The Morgan fingerprint density at radius 2 is 0.600 bits per heavy atom. The molecular weight excluding hydrogens is 1610 g/mol. The van der Waals surface area contributed by atoms with Gasteiger partial charge in [-0.05, 0) is 313 Å². The molecule has 5 aliphatic rings. The summed E-state index contributed by atoms with van der Waals surface area (Å²) in [5, 5.41) is 36.9. The highest BCUT2D eigenvalue weighted by Crippen LogP contribution is 2.43. The van der Waals surface area contributed by atoms with Crippen molar-refractivity contribution in [2.75, 3.05) is 66.8 Å². The standard InChI is InChI=1S/C34H31N3O.C27H28N4O.C26H25N3O2.C25H23N3O/c1-34(2)23-27(32(24-35)36-3)22-30(38-34)21-18-25-16-19-29(20-17-25)37(28-12-5-4-6-13-28)33-15-9-11-26-10-7-8-14-31(26)33;1-27(2)18-21(26(19-28)29-3)17-25(32-27)16-9-20-7-10-23(11-8-20)31(6)24-14-12-22(13-15-24)30(4)5;1-26(2)17-20(25(18-27)28-3)16-24(31-26)13-8-19-6-9-21(10-7-19)29(4)22-11-14-23(30-5)15-12-22;1-25(2)17-20(24(18-26)27-3)16-23(29-25)15-12-19-10-13-22(14-11-19)28(4)21-8-6-5-7-9-21/h4-6,9,11-13,15-22H,7-8,10,14,23H2,1-2H3;7-17H,18H2,1-2,4-6H3;6-16H,17H2,1-2,4-5H3;5-16H,17H2,1-2,4H3/b21-18+,32-27+;16-9+,26-21+;13-8+,25-20+;15-12+,24-20+. The number of allylic oxidation sites excluding steroid dienone is 12. The summed E-state index contributed by atoms with van der Waals surface area (Å²) >= 11 is 0. The predicted molar refractivity (Wildman–Crippen MR) is 526 cm³/mol. The molecule has 1 aliphatic carbocycles. The van der Waals surface area contributed by atoms with E-state index in [2.05, 4.69) is 221 Å². The van der Waals surface area contributed by atoms with Gasteiger partial charge >= 0.3 is 0 Å². The maximum atomic E-state index is 9.33. The zero-order chi connectivity index (χ0) is 93.1. The van der Waals surface area contributed by atoms with E-state index in [0.717, 1.165) is 103 Å². The van der Waals surface area contributed by atoms with E-state index in [1.54, 1.807) is 25.3 Å². The van der Waals surface area contributed by atoms with E-state index in [9.17, 15) is 21.0 Å². The molecule has 4 heterocycles. The fourth-order valence-electron chi connectivity index (χ4n) is 15.6. The number of anilines is 10. The first-order valence-corrected chi connectivity index (χ1v) is 42.9. The second kappa shape index (κ2) is 43.6. The summed E-state index contributed by atoms with van der Waals surface area (Å²) in [5.74, 6) is 3.42. The average molecular weight is 1720 g/mol. The van der Waals surface area contributed by atoms with Crippen LogP contribution in [0.5, 0.6) is 5.75 Å². The summed E-state index contributed by atoms with van der Waals surface area (Å²) < 4.78 is 29.4. The molecule has 0 unspecified atom stereocenters. The minimum absolute atomic E-state index is 0.119. The van der Waals surface area contributed by atoms with E-state index in [1.165, 1.54) is 35.3 Å². The molecule has 0 N–H and O–H groups in total. The summed E-state index contributed by atoms with van der Waals surface area (Å²) in [5.41, 5.74) is 19.8. The predicted octanol–water partition coefficient (Wildman–Crippen LogP) is 27.6. The van der Waals surface area contributed by atoms with Crippen molar-refractivity contribution in [3.8, 4) is 30.0 Å². The van der Waals surface area contributed by atoms with Crippen LogP contribution in [-0.2, 0) is 31.8 Å². The zero-order valence-electron chi connectivity index (χ0n) is 76.3. The Morgan fingerprint density at radius 1 is 0.331 bits per heavy atom. The number of benzene rings is 9. The van der Waals surface area contributed by atoms with Crippen LogP contribution in [0.4, 0.5) is 56.9 Å². The Labute approximate surface area is 767 Å². The van der Waals surface area contributed by atoms with Gasteiger partial charge in [0, 0.05) is 118 Å². The second-order valence-corrected chi connectivity index (χ2v) is 34.3. The monoisotopic (exact) mass is 1710 g/mol. The molecular formula is C112H107N13O5. The van der Waals surface area contributed by atoms with Crippen LogP contribution in [-0.4, -0.2) is 64.8 Å². The van der Waals surface area contributed by atoms with Gasteiger partial charge in [0.05, 0.1) is 57.7 Å². The molecule has 0 atom stereocenters. The molecule has 4 aliphatic heterocycles. The maximum absolute atomic E-state index is 9.33. The van der Waals surface area contributed by atoms with Crippen molar-refractivity contribution in [1.29, 1.82) is 21.0 Å². The zero-order valence-corrected chi connectivity index (χ0v) is 76.3. The molecule has 0 amide bonds. The van der Waals surface area contributed by atoms with Gasteiger partial charge in [0.1, 0.15) is 51.2 Å². The average Bonchev–Trinajstić information content (AvgIpc) is 0.877. The van der Waals surface area contributed by atoms with Crippen LogP contribution in [0.3, 0.4) is 0 Å². The van der Waals surface area contributed by atoms with Gasteiger partial charge in [-0.25, -0.2) is 40.4 Å². The molecule has 9 aromatic carbocycles. The third-order valence-corrected chi connectivity index (χ3v) is 22.1. The second-order valence-electron chi connectivity index (χ2n) is 34.3. The molecule has 14 rings (SSSR count). The highest BCUT2D eigenvalue weighted by Gasteiger charge is 2.32. The lowest BCUT2D eigenvalue weighted by Gasteiger charge is -2.32. The van der Waals surface area contributed by atoms with E-state index in [4.69, 9.17) is 50.0 Å². The minimum Gasteiger partial charge on any atom is -0.497 e. The number of para-hydroxylation sites is 2. The van der Waals surface area contributed by atoms with Gasteiger partial charge in [-0.15, -0.1) is 0 Å². The number of fused-ring (bicyclic) bond motifs is 1. The van der Waals surface area contributed by atoms with E-state index >= 15 is 0 Å². The summed E-state index contributed by atoms with van der Waals surface area (Å²) in [6.45, 7) is 44.6. The molecule has 18 nitrogen and oxygen atoms in total. The number of ether oxygens (including phenoxy) is 5. The Bertz CT molecular complexity index is 6270. The molecule has 18 heteroatoms. The minimum atomic E-state index is -0.481. The van der Waals surface area contributed by atoms with Crippen molar-refractivity contribution in [2.24, 2.45) is 0 Å². The highest BCUT2D eigenvalue weighted by molar-refractivity contribution is 5.80. The quantitative estimate of drug-likeness (QED) is 0.0552. The maximum Gasteiger partial charge on any atom is 0.265 e. The van der Waals surface area contributed by atoms with Gasteiger partial charge in [-0.3, -0.25) is 0 Å². The smallest absolute Gasteiger partial charge is 0.265 e.